The van der Waals surface area contributed by atoms with Gasteiger partial charge in [0.25, 0.3) is 0 Å². The molecule has 1 aliphatic rings. The second-order valence-electron chi connectivity index (χ2n) is 8.21. The molecular weight excluding hydrogens is 438 g/mol. The molecule has 1 heterocycles. The zero-order valence-electron chi connectivity index (χ0n) is 19.9. The summed E-state index contributed by atoms with van der Waals surface area (Å²) in [6.07, 6.45) is 0.943. The van der Waals surface area contributed by atoms with Gasteiger partial charge in [-0.1, -0.05) is 44.2 Å². The van der Waals surface area contributed by atoms with Crippen molar-refractivity contribution in [1.29, 1.82) is 0 Å². The van der Waals surface area contributed by atoms with Gasteiger partial charge in [0.15, 0.2) is 0 Å². The monoisotopic (exact) mass is 473 g/mol. The van der Waals surface area contributed by atoms with Crippen LogP contribution in [0.2, 0.25) is 0 Å². The van der Waals surface area contributed by atoms with Crippen LogP contribution in [-0.4, -0.2) is 70.0 Å². The Labute approximate surface area is 198 Å². The summed E-state index contributed by atoms with van der Waals surface area (Å²) in [6, 6.07) is 15.1. The molecule has 2 aromatic carbocycles. The first kappa shape index (κ1) is 25.2. The number of ether oxygens (including phenoxy) is 1. The van der Waals surface area contributed by atoms with Crippen molar-refractivity contribution in [2.75, 3.05) is 51.3 Å². The number of para-hydroxylation sites is 1. The largest absolute Gasteiger partial charge is 0.378 e. The number of benzene rings is 2. The minimum atomic E-state index is -3.46. The zero-order chi connectivity index (χ0) is 23.8. The summed E-state index contributed by atoms with van der Waals surface area (Å²) in [5.74, 6) is 0.0617. The summed E-state index contributed by atoms with van der Waals surface area (Å²) >= 11 is 0. The van der Waals surface area contributed by atoms with Gasteiger partial charge in [-0.25, -0.2) is 8.42 Å². The first-order valence-electron chi connectivity index (χ1n) is 11.6. The molecule has 180 valence electrons. The number of morpholine rings is 1. The molecular formula is C25H35N3O4S. The van der Waals surface area contributed by atoms with Crippen LogP contribution in [0, 0.1) is 0 Å². The van der Waals surface area contributed by atoms with Gasteiger partial charge in [0.2, 0.25) is 15.9 Å². The quantitative estimate of drug-likeness (QED) is 0.530. The van der Waals surface area contributed by atoms with Crippen LogP contribution >= 0.6 is 0 Å². The van der Waals surface area contributed by atoms with E-state index in [9.17, 15) is 13.2 Å². The smallest absolute Gasteiger partial charge is 0.243 e. The van der Waals surface area contributed by atoms with Gasteiger partial charge in [0.1, 0.15) is 0 Å². The summed E-state index contributed by atoms with van der Waals surface area (Å²) in [4.78, 5) is 17.2. The van der Waals surface area contributed by atoms with Crippen LogP contribution in [0.1, 0.15) is 31.4 Å². The SMILES string of the molecule is CCN(CC)S(=O)(=O)c1ccc(CCC(=O)N(C)Cc2ccccc2N2CCOCC2)cc1. The standard InChI is InChI=1S/C25H35N3O4S/c1-4-28(5-2)33(30,31)23-13-10-21(11-14-23)12-15-25(29)26(3)20-22-8-6-7-9-24(22)27-16-18-32-19-17-27/h6-11,13-14H,4-5,12,15-20H2,1-3H3. The number of hydrogen-bond acceptors (Lipinski definition) is 5. The summed E-state index contributed by atoms with van der Waals surface area (Å²) in [7, 11) is -1.63. The average molecular weight is 474 g/mol. The van der Waals surface area contributed by atoms with E-state index in [0.29, 0.717) is 32.5 Å². The molecule has 0 spiro atoms. The molecule has 8 heteroatoms. The highest BCUT2D eigenvalue weighted by molar-refractivity contribution is 7.89. The van der Waals surface area contributed by atoms with Crippen molar-refractivity contribution >= 4 is 21.6 Å². The van der Waals surface area contributed by atoms with Crippen LogP contribution in [0.25, 0.3) is 0 Å². The Hall–Kier alpha value is -2.42. The van der Waals surface area contributed by atoms with Crippen molar-refractivity contribution in [1.82, 2.24) is 9.21 Å². The molecule has 33 heavy (non-hydrogen) atoms. The Morgan fingerprint density at radius 1 is 1.00 bits per heavy atom. The molecule has 3 rings (SSSR count). The number of carbonyl (C=O) groups is 1. The predicted octanol–water partition coefficient (Wildman–Crippen LogP) is 3.14. The number of rotatable bonds is 10. The fourth-order valence-electron chi connectivity index (χ4n) is 4.08. The number of nitrogens with zero attached hydrogens (tertiary/aromatic N) is 3. The maximum atomic E-state index is 12.8. The molecule has 1 saturated heterocycles. The molecule has 7 nitrogen and oxygen atoms in total. The zero-order valence-corrected chi connectivity index (χ0v) is 20.7. The maximum absolute atomic E-state index is 12.8. The van der Waals surface area contributed by atoms with Crippen molar-refractivity contribution in [3.8, 4) is 0 Å². The lowest BCUT2D eigenvalue weighted by molar-refractivity contribution is -0.130. The average Bonchev–Trinajstić information content (AvgIpc) is 2.84. The molecule has 0 aromatic heterocycles. The van der Waals surface area contributed by atoms with Crippen LogP contribution < -0.4 is 4.90 Å². The molecule has 1 fully saturated rings. The number of hydrogen-bond donors (Lipinski definition) is 0. The fraction of sp³-hybridized carbons (Fsp3) is 0.480. The second-order valence-corrected chi connectivity index (χ2v) is 10.1. The van der Waals surface area contributed by atoms with Crippen molar-refractivity contribution in [3.05, 3.63) is 59.7 Å². The van der Waals surface area contributed by atoms with E-state index in [0.717, 1.165) is 43.1 Å². The third kappa shape index (κ3) is 6.34. The van der Waals surface area contributed by atoms with Crippen molar-refractivity contribution in [2.24, 2.45) is 0 Å². The topological polar surface area (TPSA) is 70.2 Å². The van der Waals surface area contributed by atoms with Crippen LogP contribution in [-0.2, 0) is 32.5 Å². The third-order valence-corrected chi connectivity index (χ3v) is 8.13. The number of amides is 1. The van der Waals surface area contributed by atoms with Gasteiger partial charge in [0, 0.05) is 51.9 Å². The normalized spacial score (nSPS) is 14.5. The van der Waals surface area contributed by atoms with Crippen LogP contribution in [0.5, 0.6) is 0 Å². The third-order valence-electron chi connectivity index (χ3n) is 6.07. The summed E-state index contributed by atoms with van der Waals surface area (Å²) in [5, 5.41) is 0. The molecule has 0 aliphatic carbocycles. The van der Waals surface area contributed by atoms with Gasteiger partial charge >= 0.3 is 0 Å². The molecule has 0 N–H and O–H groups in total. The van der Waals surface area contributed by atoms with E-state index < -0.39 is 10.0 Å². The van der Waals surface area contributed by atoms with Crippen LogP contribution in [0.15, 0.2) is 53.4 Å². The Balaban J connectivity index is 1.58. The summed E-state index contributed by atoms with van der Waals surface area (Å²) in [5.41, 5.74) is 3.23. The van der Waals surface area contributed by atoms with Gasteiger partial charge in [-0.2, -0.15) is 4.31 Å². The van der Waals surface area contributed by atoms with Gasteiger partial charge < -0.3 is 14.5 Å². The van der Waals surface area contributed by atoms with E-state index >= 15 is 0 Å². The lowest BCUT2D eigenvalue weighted by Gasteiger charge is -2.31. The lowest BCUT2D eigenvalue weighted by Crippen LogP contribution is -2.37. The summed E-state index contributed by atoms with van der Waals surface area (Å²) in [6.45, 7) is 8.24. The second kappa shape index (κ2) is 11.6. The molecule has 0 bridgehead atoms. The maximum Gasteiger partial charge on any atom is 0.243 e. The molecule has 1 amide bonds. The Kier molecular flexibility index (Phi) is 8.88. The number of anilines is 1. The molecule has 1 aliphatic heterocycles. The Bertz CT molecular complexity index is 1010. The highest BCUT2D eigenvalue weighted by Gasteiger charge is 2.21. The van der Waals surface area contributed by atoms with E-state index in [-0.39, 0.29) is 10.8 Å². The molecule has 0 radical (unpaired) electrons. The lowest BCUT2D eigenvalue weighted by atomic mass is 10.1. The first-order chi connectivity index (χ1) is 15.9. The van der Waals surface area contributed by atoms with Gasteiger partial charge in [-0.3, -0.25) is 4.79 Å². The highest BCUT2D eigenvalue weighted by Crippen LogP contribution is 2.23. The van der Waals surface area contributed by atoms with Crippen molar-refractivity contribution in [3.63, 3.8) is 0 Å². The minimum Gasteiger partial charge on any atom is -0.378 e. The number of sulfonamides is 1. The number of aryl methyl sites for hydroxylation is 1. The van der Waals surface area contributed by atoms with E-state index in [2.05, 4.69) is 17.0 Å². The van der Waals surface area contributed by atoms with E-state index in [1.54, 1.807) is 29.2 Å². The molecule has 0 saturated carbocycles. The molecule has 2 aromatic rings. The highest BCUT2D eigenvalue weighted by atomic mass is 32.2. The van der Waals surface area contributed by atoms with Crippen LogP contribution in [0.4, 0.5) is 5.69 Å². The van der Waals surface area contributed by atoms with E-state index in [4.69, 9.17) is 4.74 Å². The van der Waals surface area contributed by atoms with Crippen molar-refractivity contribution < 1.29 is 17.9 Å². The van der Waals surface area contributed by atoms with Gasteiger partial charge in [0.05, 0.1) is 18.1 Å². The minimum absolute atomic E-state index is 0.0617. The van der Waals surface area contributed by atoms with Gasteiger partial charge in [-0.05, 0) is 35.7 Å². The first-order valence-corrected chi connectivity index (χ1v) is 13.0. The molecule has 0 unspecified atom stereocenters. The Morgan fingerprint density at radius 2 is 1.64 bits per heavy atom. The summed E-state index contributed by atoms with van der Waals surface area (Å²) < 4.78 is 32.2. The predicted molar refractivity (Wildman–Crippen MR) is 131 cm³/mol. The molecule has 0 atom stereocenters. The number of carbonyl (C=O) groups excluding carboxylic acids is 1. The van der Waals surface area contributed by atoms with E-state index in [1.165, 1.54) is 4.31 Å². The van der Waals surface area contributed by atoms with Gasteiger partial charge in [-0.15, -0.1) is 0 Å². The Morgan fingerprint density at radius 3 is 2.27 bits per heavy atom. The van der Waals surface area contributed by atoms with E-state index in [1.807, 2.05) is 33.0 Å². The van der Waals surface area contributed by atoms with Crippen LogP contribution in [0.3, 0.4) is 0 Å². The van der Waals surface area contributed by atoms with Crippen molar-refractivity contribution in [2.45, 2.75) is 38.1 Å². The fourth-order valence-corrected chi connectivity index (χ4v) is 5.54.